The van der Waals surface area contributed by atoms with Crippen LogP contribution in [0.5, 0.6) is 5.75 Å². The zero-order valence-corrected chi connectivity index (χ0v) is 10.9. The molecule has 1 aromatic carbocycles. The molecule has 3 heterocycles. The van der Waals surface area contributed by atoms with Crippen molar-refractivity contribution in [3.8, 4) is 17.0 Å². The van der Waals surface area contributed by atoms with Crippen molar-refractivity contribution in [2.75, 3.05) is 6.54 Å². The maximum Gasteiger partial charge on any atom is 0.176 e. The lowest BCUT2D eigenvalue weighted by molar-refractivity contribution is -0.113. The Balaban J connectivity index is 0.000000170. The number of nitrogens with zero attached hydrogens (tertiary/aromatic N) is 1. The third-order valence-electron chi connectivity index (χ3n) is 3.08. The van der Waals surface area contributed by atoms with Crippen molar-refractivity contribution in [1.82, 2.24) is 10.3 Å². The number of aromatic nitrogens is 1. The Kier molecular flexibility index (Phi) is 3.46. The lowest BCUT2D eigenvalue weighted by Crippen LogP contribution is -2.06. The quantitative estimate of drug-likeness (QED) is 0.795. The molecular formula is C16H14N2O2. The molecule has 20 heavy (non-hydrogen) atoms. The van der Waals surface area contributed by atoms with Crippen LogP contribution in [0.1, 0.15) is 5.56 Å². The van der Waals surface area contributed by atoms with Gasteiger partial charge in [-0.1, -0.05) is 18.2 Å². The van der Waals surface area contributed by atoms with Crippen LogP contribution >= 0.6 is 0 Å². The summed E-state index contributed by atoms with van der Waals surface area (Å²) in [4.78, 5) is 14.5. The fourth-order valence-electron chi connectivity index (χ4n) is 2.11. The largest absolute Gasteiger partial charge is 0.488 e. The topological polar surface area (TPSA) is 51.2 Å². The van der Waals surface area contributed by atoms with Crippen LogP contribution in [0.25, 0.3) is 11.3 Å². The number of hydrogen-bond acceptors (Lipinski definition) is 4. The lowest BCUT2D eigenvalue weighted by Gasteiger charge is -2.18. The Bertz CT molecular complexity index is 620. The molecule has 0 amide bonds. The molecule has 0 aliphatic carbocycles. The number of carbonyl (C=O) groups excluding carboxylic acids is 1. The summed E-state index contributed by atoms with van der Waals surface area (Å²) in [7, 11) is 0. The molecule has 2 aromatic rings. The van der Waals surface area contributed by atoms with Crippen LogP contribution in [-0.2, 0) is 11.4 Å². The predicted octanol–water partition coefficient (Wildman–Crippen LogP) is 2.31. The summed E-state index contributed by atoms with van der Waals surface area (Å²) in [6.07, 6.45) is 5.00. The monoisotopic (exact) mass is 266 g/mol. The number of nitrogens with one attached hydrogen (secondary N) is 1. The average Bonchev–Trinajstić information content (AvgIpc) is 2.99. The van der Waals surface area contributed by atoms with Gasteiger partial charge in [-0.2, -0.15) is 0 Å². The van der Waals surface area contributed by atoms with Gasteiger partial charge in [0.15, 0.2) is 5.78 Å². The first kappa shape index (κ1) is 12.4. The van der Waals surface area contributed by atoms with Crippen LogP contribution in [0.15, 0.2) is 54.9 Å². The van der Waals surface area contributed by atoms with Gasteiger partial charge in [-0.3, -0.25) is 9.78 Å². The van der Waals surface area contributed by atoms with Gasteiger partial charge in [-0.25, -0.2) is 0 Å². The third kappa shape index (κ3) is 2.54. The van der Waals surface area contributed by atoms with Crippen molar-refractivity contribution in [3.63, 3.8) is 0 Å². The predicted molar refractivity (Wildman–Crippen MR) is 76.2 cm³/mol. The average molecular weight is 266 g/mol. The first-order valence-electron chi connectivity index (χ1n) is 6.43. The molecule has 4 rings (SSSR count). The van der Waals surface area contributed by atoms with Crippen LogP contribution < -0.4 is 10.1 Å². The molecule has 0 radical (unpaired) electrons. The van der Waals surface area contributed by atoms with Gasteiger partial charge in [-0.05, 0) is 24.3 Å². The smallest absolute Gasteiger partial charge is 0.176 e. The zero-order chi connectivity index (χ0) is 13.8. The van der Waals surface area contributed by atoms with E-state index >= 15 is 0 Å². The molecule has 0 fully saturated rings. The standard InChI is InChI=1S/C12H9NO.C4H5NO/c1-2-6-11-10(5-1)12-9(8-14-11)4-3-7-13-12;6-4-1-2-5-3-4/h1-7H,8H2;1-2,5H,3H2. The molecule has 0 bridgehead atoms. The number of rotatable bonds is 0. The van der Waals surface area contributed by atoms with Crippen molar-refractivity contribution in [3.05, 3.63) is 60.4 Å². The first-order chi connectivity index (χ1) is 9.84. The molecule has 4 nitrogen and oxygen atoms in total. The maximum absolute atomic E-state index is 10.1. The summed E-state index contributed by atoms with van der Waals surface area (Å²) in [5, 5.41) is 2.74. The van der Waals surface area contributed by atoms with Crippen molar-refractivity contribution < 1.29 is 9.53 Å². The molecule has 4 heteroatoms. The number of fused-ring (bicyclic) bond motifs is 3. The van der Waals surface area contributed by atoms with Crippen molar-refractivity contribution in [1.29, 1.82) is 0 Å². The molecule has 2 aliphatic rings. The van der Waals surface area contributed by atoms with Crippen molar-refractivity contribution >= 4 is 5.78 Å². The number of benzene rings is 1. The fraction of sp³-hybridized carbons (Fsp3) is 0.125. The van der Waals surface area contributed by atoms with Gasteiger partial charge in [0.25, 0.3) is 0 Å². The number of ketones is 1. The van der Waals surface area contributed by atoms with E-state index in [0.717, 1.165) is 22.6 Å². The van der Waals surface area contributed by atoms with E-state index in [9.17, 15) is 4.79 Å². The van der Waals surface area contributed by atoms with Crippen LogP contribution in [0, 0.1) is 0 Å². The fourth-order valence-corrected chi connectivity index (χ4v) is 2.11. The highest BCUT2D eigenvalue weighted by molar-refractivity contribution is 5.93. The second-order valence-corrected chi connectivity index (χ2v) is 4.48. The molecule has 0 saturated carbocycles. The SMILES string of the molecule is O=C1C=CNC1.c1cnc2c(c1)COc1ccccc1-2. The highest BCUT2D eigenvalue weighted by Gasteiger charge is 2.16. The van der Waals surface area contributed by atoms with E-state index in [1.165, 1.54) is 6.08 Å². The van der Waals surface area contributed by atoms with Crippen LogP contribution in [0.2, 0.25) is 0 Å². The minimum Gasteiger partial charge on any atom is -0.488 e. The van der Waals surface area contributed by atoms with Gasteiger partial charge in [0.1, 0.15) is 12.4 Å². The first-order valence-corrected chi connectivity index (χ1v) is 6.43. The summed E-state index contributed by atoms with van der Waals surface area (Å²) in [5.41, 5.74) is 3.30. The van der Waals surface area contributed by atoms with Gasteiger partial charge < -0.3 is 10.1 Å². The Morgan fingerprint density at radius 1 is 1.15 bits per heavy atom. The molecule has 0 unspecified atom stereocenters. The molecule has 100 valence electrons. The maximum atomic E-state index is 10.1. The van der Waals surface area contributed by atoms with E-state index < -0.39 is 0 Å². The van der Waals surface area contributed by atoms with Gasteiger partial charge in [0.05, 0.1) is 12.2 Å². The zero-order valence-electron chi connectivity index (χ0n) is 10.9. The Hall–Kier alpha value is -2.62. The number of carbonyl (C=O) groups is 1. The molecular weight excluding hydrogens is 252 g/mol. The highest BCUT2D eigenvalue weighted by atomic mass is 16.5. The van der Waals surface area contributed by atoms with Crippen molar-refractivity contribution in [2.24, 2.45) is 0 Å². The summed E-state index contributed by atoms with van der Waals surface area (Å²) in [6.45, 7) is 1.11. The van der Waals surface area contributed by atoms with E-state index in [1.54, 1.807) is 6.20 Å². The van der Waals surface area contributed by atoms with Crippen LogP contribution in [0.3, 0.4) is 0 Å². The van der Waals surface area contributed by atoms with E-state index in [2.05, 4.69) is 16.4 Å². The lowest BCUT2D eigenvalue weighted by atomic mass is 10.0. The number of hydrogen-bond donors (Lipinski definition) is 1. The number of pyridine rings is 1. The van der Waals surface area contributed by atoms with E-state index in [0.29, 0.717) is 13.2 Å². The van der Waals surface area contributed by atoms with Gasteiger partial charge >= 0.3 is 0 Å². The normalized spacial score (nSPS) is 14.3. The Labute approximate surface area is 117 Å². The van der Waals surface area contributed by atoms with Crippen LogP contribution in [-0.4, -0.2) is 17.3 Å². The van der Waals surface area contributed by atoms with Gasteiger partial charge in [-0.15, -0.1) is 0 Å². The molecule has 0 saturated heterocycles. The molecule has 0 spiro atoms. The summed E-state index contributed by atoms with van der Waals surface area (Å²) >= 11 is 0. The summed E-state index contributed by atoms with van der Waals surface area (Å²) in [6, 6.07) is 12.0. The number of ether oxygens (including phenoxy) is 1. The second-order valence-electron chi connectivity index (χ2n) is 4.48. The minimum absolute atomic E-state index is 0.162. The molecule has 1 aromatic heterocycles. The third-order valence-corrected chi connectivity index (χ3v) is 3.08. The Morgan fingerprint density at radius 2 is 2.05 bits per heavy atom. The highest BCUT2D eigenvalue weighted by Crippen LogP contribution is 2.35. The summed E-state index contributed by atoms with van der Waals surface area (Å²) < 4.78 is 5.61. The van der Waals surface area contributed by atoms with E-state index in [-0.39, 0.29) is 5.78 Å². The molecule has 1 N–H and O–H groups in total. The number of para-hydroxylation sites is 1. The minimum atomic E-state index is 0.162. The van der Waals surface area contributed by atoms with E-state index in [1.807, 2.05) is 36.5 Å². The second kappa shape index (κ2) is 5.57. The van der Waals surface area contributed by atoms with Gasteiger partial charge in [0, 0.05) is 23.5 Å². The molecule has 0 atom stereocenters. The van der Waals surface area contributed by atoms with Crippen LogP contribution in [0.4, 0.5) is 0 Å². The Morgan fingerprint density at radius 3 is 2.80 bits per heavy atom. The van der Waals surface area contributed by atoms with Crippen molar-refractivity contribution in [2.45, 2.75) is 6.61 Å². The summed E-state index contributed by atoms with van der Waals surface area (Å²) in [5.74, 6) is 1.09. The molecule has 2 aliphatic heterocycles. The van der Waals surface area contributed by atoms with E-state index in [4.69, 9.17) is 4.74 Å². The van der Waals surface area contributed by atoms with Gasteiger partial charge in [0.2, 0.25) is 0 Å².